The van der Waals surface area contributed by atoms with Gasteiger partial charge in [0.25, 0.3) is 0 Å². The number of anilines is 3. The van der Waals surface area contributed by atoms with E-state index in [1.165, 1.54) is 21.8 Å². The van der Waals surface area contributed by atoms with Gasteiger partial charge in [-0.25, -0.2) is 0 Å². The van der Waals surface area contributed by atoms with Crippen molar-refractivity contribution in [2.24, 2.45) is 0 Å². The Kier molecular flexibility index (Phi) is 6.60. The van der Waals surface area contributed by atoms with Crippen LogP contribution in [0.2, 0.25) is 0 Å². The maximum atomic E-state index is 6.67. The van der Waals surface area contributed by atoms with E-state index < -0.39 is 0 Å². The summed E-state index contributed by atoms with van der Waals surface area (Å²) < 4.78 is 15.3. The second-order valence-electron chi connectivity index (χ2n) is 14.5. The van der Waals surface area contributed by atoms with Gasteiger partial charge in [-0.05, 0) is 95.4 Å². The van der Waals surface area contributed by atoms with Crippen molar-refractivity contribution in [1.82, 2.24) is 4.57 Å². The Hall–Kier alpha value is -7.56. The molecule has 0 aliphatic heterocycles. The fraction of sp³-hybridized carbons (Fsp3) is 0. The molecule has 0 radical (unpaired) electrons. The maximum absolute atomic E-state index is 6.67. The van der Waals surface area contributed by atoms with E-state index in [-0.39, 0.29) is 0 Å². The first-order valence-electron chi connectivity index (χ1n) is 19.0. The number of aromatic nitrogens is 1. The highest BCUT2D eigenvalue weighted by molar-refractivity contribution is 6.20. The zero-order valence-corrected chi connectivity index (χ0v) is 30.2. The molecule has 0 aliphatic carbocycles. The van der Waals surface area contributed by atoms with Crippen molar-refractivity contribution in [1.29, 1.82) is 0 Å². The lowest BCUT2D eigenvalue weighted by atomic mass is 10.0. The number of hydrogen-bond acceptors (Lipinski definition) is 3. The number of hydrogen-bond donors (Lipinski definition) is 0. The average molecular weight is 717 g/mol. The van der Waals surface area contributed by atoms with Crippen molar-refractivity contribution < 1.29 is 8.83 Å². The van der Waals surface area contributed by atoms with Crippen LogP contribution in [0.3, 0.4) is 0 Å². The topological polar surface area (TPSA) is 34.5 Å². The van der Waals surface area contributed by atoms with E-state index in [9.17, 15) is 0 Å². The Morgan fingerprint density at radius 2 is 1.04 bits per heavy atom. The van der Waals surface area contributed by atoms with Crippen molar-refractivity contribution in [3.63, 3.8) is 0 Å². The molecule has 0 bridgehead atoms. The van der Waals surface area contributed by atoms with Gasteiger partial charge in [-0.1, -0.05) is 115 Å². The van der Waals surface area contributed by atoms with E-state index in [4.69, 9.17) is 8.83 Å². The molecule has 0 saturated carbocycles. The van der Waals surface area contributed by atoms with E-state index in [0.717, 1.165) is 88.5 Å². The molecular weight excluding hydrogens is 685 g/mol. The molecule has 9 aromatic carbocycles. The molecule has 0 aliphatic rings. The number of furan rings is 2. The van der Waals surface area contributed by atoms with E-state index in [1.807, 2.05) is 12.1 Å². The molecule has 56 heavy (non-hydrogen) atoms. The number of nitrogens with zero attached hydrogens (tertiary/aromatic N) is 2. The van der Waals surface area contributed by atoms with Crippen LogP contribution in [-0.2, 0) is 0 Å². The quantitative estimate of drug-likeness (QED) is 0.178. The smallest absolute Gasteiger partial charge is 0.143 e. The summed E-state index contributed by atoms with van der Waals surface area (Å²) in [6.07, 6.45) is 0. The van der Waals surface area contributed by atoms with Crippen LogP contribution in [0, 0.1) is 0 Å². The summed E-state index contributed by atoms with van der Waals surface area (Å²) in [6.45, 7) is 0. The van der Waals surface area contributed by atoms with Crippen LogP contribution in [0.25, 0.3) is 93.3 Å². The van der Waals surface area contributed by atoms with Crippen molar-refractivity contribution in [3.05, 3.63) is 194 Å². The first kappa shape index (κ1) is 30.9. The summed E-state index contributed by atoms with van der Waals surface area (Å²) in [4.78, 5) is 2.35. The summed E-state index contributed by atoms with van der Waals surface area (Å²) in [5.41, 5.74) is 12.5. The van der Waals surface area contributed by atoms with Gasteiger partial charge >= 0.3 is 0 Å². The molecule has 3 aromatic heterocycles. The van der Waals surface area contributed by atoms with E-state index in [2.05, 4.69) is 191 Å². The van der Waals surface area contributed by atoms with Crippen LogP contribution in [0.5, 0.6) is 0 Å². The molecule has 0 unspecified atom stereocenters. The van der Waals surface area contributed by atoms with Crippen molar-refractivity contribution in [3.8, 4) is 16.8 Å². The van der Waals surface area contributed by atoms with Crippen molar-refractivity contribution in [2.75, 3.05) is 4.90 Å². The fourth-order valence-corrected chi connectivity index (χ4v) is 8.83. The lowest BCUT2D eigenvalue weighted by Gasteiger charge is -2.26. The van der Waals surface area contributed by atoms with Gasteiger partial charge < -0.3 is 18.3 Å². The Labute approximate surface area is 321 Å². The van der Waals surface area contributed by atoms with E-state index in [1.54, 1.807) is 0 Å². The molecule has 0 fully saturated rings. The highest BCUT2D eigenvalue weighted by Crippen LogP contribution is 2.46. The zero-order valence-electron chi connectivity index (χ0n) is 30.2. The highest BCUT2D eigenvalue weighted by atomic mass is 16.3. The van der Waals surface area contributed by atoms with Gasteiger partial charge in [0.15, 0.2) is 0 Å². The molecule has 4 nitrogen and oxygen atoms in total. The van der Waals surface area contributed by atoms with Gasteiger partial charge in [0, 0.05) is 49.4 Å². The molecule has 0 N–H and O–H groups in total. The summed E-state index contributed by atoms with van der Waals surface area (Å²) in [5.74, 6) is 0. The maximum Gasteiger partial charge on any atom is 0.143 e. The summed E-state index contributed by atoms with van der Waals surface area (Å²) >= 11 is 0. The SMILES string of the molecule is c1cc(-c2ccc(N(c3ccc4oc5ccccc5c4c3)c3cccc4oc5c6ccccc6ccc5c34)cc2)cc(-n2c3ccccc3c3ccccc32)c1. The zero-order chi connectivity index (χ0) is 36.7. The van der Waals surface area contributed by atoms with Crippen LogP contribution in [0.1, 0.15) is 0 Å². The monoisotopic (exact) mass is 716 g/mol. The third kappa shape index (κ3) is 4.60. The standard InChI is InChI=1S/C52H32N2O2/c1-2-14-39-34(11-1)25-29-43-51-47(20-10-22-50(51)56-52(39)43)53(38-28-30-49-44(32-38)42-17-5-8-21-48(42)55-49)36-26-23-33(24-27-36)35-12-9-13-37(31-35)54-45-18-6-3-15-40(45)41-16-4-7-19-46(41)54/h1-32H. The van der Waals surface area contributed by atoms with Gasteiger partial charge in [0.2, 0.25) is 0 Å². The minimum absolute atomic E-state index is 0.854. The lowest BCUT2D eigenvalue weighted by molar-refractivity contribution is 0.669. The third-order valence-corrected chi connectivity index (χ3v) is 11.4. The van der Waals surface area contributed by atoms with Gasteiger partial charge in [-0.3, -0.25) is 0 Å². The van der Waals surface area contributed by atoms with Gasteiger partial charge in [0.05, 0.1) is 22.1 Å². The molecule has 0 saturated heterocycles. The Morgan fingerprint density at radius 1 is 0.375 bits per heavy atom. The predicted octanol–water partition coefficient (Wildman–Crippen LogP) is 14.9. The molecule has 4 heteroatoms. The normalized spacial score (nSPS) is 11.9. The number of para-hydroxylation sites is 3. The van der Waals surface area contributed by atoms with Crippen LogP contribution < -0.4 is 4.90 Å². The second kappa shape index (κ2) is 12.0. The Morgan fingerprint density at radius 3 is 1.86 bits per heavy atom. The van der Waals surface area contributed by atoms with Crippen molar-refractivity contribution in [2.45, 2.75) is 0 Å². The number of rotatable bonds is 5. The molecule has 3 heterocycles. The van der Waals surface area contributed by atoms with Crippen LogP contribution in [0.4, 0.5) is 17.1 Å². The van der Waals surface area contributed by atoms with E-state index >= 15 is 0 Å². The molecule has 12 aromatic rings. The number of fused-ring (bicyclic) bond motifs is 11. The first-order chi connectivity index (χ1) is 27.8. The number of benzene rings is 9. The third-order valence-electron chi connectivity index (χ3n) is 11.4. The van der Waals surface area contributed by atoms with Crippen LogP contribution >= 0.6 is 0 Å². The Balaban J connectivity index is 1.03. The molecule has 0 atom stereocenters. The van der Waals surface area contributed by atoms with Crippen LogP contribution in [-0.4, -0.2) is 4.57 Å². The summed E-state index contributed by atoms with van der Waals surface area (Å²) in [5, 5.41) is 9.13. The molecule has 12 rings (SSSR count). The van der Waals surface area contributed by atoms with Gasteiger partial charge in [-0.2, -0.15) is 0 Å². The first-order valence-corrected chi connectivity index (χ1v) is 19.0. The summed E-state index contributed by atoms with van der Waals surface area (Å²) in [6, 6.07) is 69.1. The molecular formula is C52H32N2O2. The minimum Gasteiger partial charge on any atom is -0.456 e. The Bertz CT molecular complexity index is 3440. The van der Waals surface area contributed by atoms with Crippen LogP contribution in [0.15, 0.2) is 203 Å². The molecule has 0 spiro atoms. The minimum atomic E-state index is 0.854. The molecule has 0 amide bonds. The largest absolute Gasteiger partial charge is 0.456 e. The summed E-state index contributed by atoms with van der Waals surface area (Å²) in [7, 11) is 0. The van der Waals surface area contributed by atoms with Gasteiger partial charge in [-0.15, -0.1) is 0 Å². The second-order valence-corrected chi connectivity index (χ2v) is 14.5. The van der Waals surface area contributed by atoms with Gasteiger partial charge in [0.1, 0.15) is 22.3 Å². The average Bonchev–Trinajstić information content (AvgIpc) is 3.94. The fourth-order valence-electron chi connectivity index (χ4n) is 8.83. The van der Waals surface area contributed by atoms with Crippen molar-refractivity contribution >= 4 is 93.5 Å². The highest BCUT2D eigenvalue weighted by Gasteiger charge is 2.22. The molecule has 262 valence electrons. The van der Waals surface area contributed by atoms with E-state index in [0.29, 0.717) is 0 Å². The predicted molar refractivity (Wildman–Crippen MR) is 233 cm³/mol. The lowest BCUT2D eigenvalue weighted by Crippen LogP contribution is -2.10.